The van der Waals surface area contributed by atoms with Crippen LogP contribution in [0.1, 0.15) is 37.8 Å². The number of aliphatic imine (C=N–C) groups is 1. The lowest BCUT2D eigenvalue weighted by Crippen LogP contribution is -2.56. The van der Waals surface area contributed by atoms with E-state index in [0.29, 0.717) is 6.42 Å². The van der Waals surface area contributed by atoms with Crippen molar-refractivity contribution < 1.29 is 9.53 Å². The van der Waals surface area contributed by atoms with Gasteiger partial charge in [-0.1, -0.05) is 24.3 Å². The Morgan fingerprint density at radius 3 is 2.41 bits per heavy atom. The number of benzene rings is 1. The average molecular weight is 402 g/mol. The van der Waals surface area contributed by atoms with Gasteiger partial charge in [0.2, 0.25) is 5.91 Å². The fourth-order valence-electron chi connectivity index (χ4n) is 3.92. The van der Waals surface area contributed by atoms with E-state index in [4.69, 9.17) is 4.74 Å². The normalized spacial score (nSPS) is 17.9. The van der Waals surface area contributed by atoms with E-state index in [2.05, 4.69) is 46.5 Å². The summed E-state index contributed by atoms with van der Waals surface area (Å²) >= 11 is 0. The molecule has 7 heteroatoms. The van der Waals surface area contributed by atoms with Crippen molar-refractivity contribution in [2.24, 2.45) is 4.99 Å². The van der Waals surface area contributed by atoms with Crippen LogP contribution in [-0.4, -0.2) is 73.6 Å². The number of nitrogens with zero attached hydrogens (tertiary/aromatic N) is 3. The summed E-state index contributed by atoms with van der Waals surface area (Å²) in [5.41, 5.74) is 2.57. The second kappa shape index (κ2) is 10.1. The van der Waals surface area contributed by atoms with Gasteiger partial charge in [-0.15, -0.1) is 0 Å². The van der Waals surface area contributed by atoms with Crippen molar-refractivity contribution in [2.75, 3.05) is 46.4 Å². The molecule has 29 heavy (non-hydrogen) atoms. The van der Waals surface area contributed by atoms with E-state index in [1.165, 1.54) is 11.1 Å². The molecule has 0 spiro atoms. The fourth-order valence-corrected chi connectivity index (χ4v) is 3.92. The van der Waals surface area contributed by atoms with Crippen LogP contribution in [0.25, 0.3) is 0 Å². The van der Waals surface area contributed by atoms with E-state index >= 15 is 0 Å². The van der Waals surface area contributed by atoms with E-state index in [9.17, 15) is 4.79 Å². The third-order valence-electron chi connectivity index (χ3n) is 5.83. The summed E-state index contributed by atoms with van der Waals surface area (Å²) in [4.78, 5) is 21.2. The highest BCUT2D eigenvalue weighted by Gasteiger charge is 2.28. The number of morpholine rings is 1. The molecule has 1 saturated heterocycles. The lowest BCUT2D eigenvalue weighted by molar-refractivity contribution is -0.131. The first-order valence-electron chi connectivity index (χ1n) is 10.6. The zero-order valence-electron chi connectivity index (χ0n) is 18.0. The van der Waals surface area contributed by atoms with Crippen LogP contribution in [0.2, 0.25) is 0 Å². The highest BCUT2D eigenvalue weighted by molar-refractivity contribution is 5.80. The Hall–Kier alpha value is -2.12. The van der Waals surface area contributed by atoms with E-state index in [1.54, 1.807) is 7.05 Å². The minimum atomic E-state index is 0.0299. The Kier molecular flexibility index (Phi) is 7.50. The van der Waals surface area contributed by atoms with Crippen LogP contribution in [0, 0.1) is 0 Å². The number of carbonyl (C=O) groups excluding carboxylic acids is 1. The molecular weight excluding hydrogens is 366 g/mol. The molecule has 2 heterocycles. The monoisotopic (exact) mass is 401 g/mol. The van der Waals surface area contributed by atoms with Crippen molar-refractivity contribution in [1.29, 1.82) is 0 Å². The van der Waals surface area contributed by atoms with Crippen molar-refractivity contribution in [3.63, 3.8) is 0 Å². The van der Waals surface area contributed by atoms with Crippen LogP contribution in [0.15, 0.2) is 29.3 Å². The standard InChI is InChI=1S/C22H35N5O2/c1-22(2,27-11-13-29-14-12-27)17-25-21(23-3)24-10-6-9-20(28)26-15-18-7-4-5-8-19(18)16-26/h4-5,7-8H,6,9-17H2,1-3H3,(H2,23,24,25). The second-order valence-electron chi connectivity index (χ2n) is 8.39. The summed E-state index contributed by atoms with van der Waals surface area (Å²) in [6, 6.07) is 8.29. The van der Waals surface area contributed by atoms with Crippen molar-refractivity contribution in [2.45, 2.75) is 45.3 Å². The minimum Gasteiger partial charge on any atom is -0.379 e. The molecule has 2 N–H and O–H groups in total. The molecule has 160 valence electrons. The molecule has 1 fully saturated rings. The molecule has 7 nitrogen and oxygen atoms in total. The number of nitrogens with one attached hydrogen (secondary N) is 2. The van der Waals surface area contributed by atoms with Crippen LogP contribution in [0.5, 0.6) is 0 Å². The molecule has 1 aromatic carbocycles. The lowest BCUT2D eigenvalue weighted by atomic mass is 10.0. The van der Waals surface area contributed by atoms with Gasteiger partial charge in [-0.05, 0) is 31.4 Å². The molecule has 0 atom stereocenters. The molecule has 0 radical (unpaired) electrons. The van der Waals surface area contributed by atoms with E-state index in [-0.39, 0.29) is 11.4 Å². The third kappa shape index (κ3) is 5.93. The Labute approximate surface area is 174 Å². The van der Waals surface area contributed by atoms with Gasteiger partial charge in [-0.25, -0.2) is 0 Å². The maximum atomic E-state index is 12.5. The SMILES string of the molecule is CN=C(NCCCC(=O)N1Cc2ccccc2C1)NCC(C)(C)N1CCOCC1. The van der Waals surface area contributed by atoms with Crippen molar-refractivity contribution in [3.05, 3.63) is 35.4 Å². The molecule has 1 amide bonds. The Bertz CT molecular complexity index is 688. The molecule has 3 rings (SSSR count). The predicted octanol–water partition coefficient (Wildman–Crippen LogP) is 1.58. The number of carbonyl (C=O) groups is 1. The number of amides is 1. The van der Waals surface area contributed by atoms with Crippen LogP contribution in [-0.2, 0) is 22.6 Å². The minimum absolute atomic E-state index is 0.0299. The summed E-state index contributed by atoms with van der Waals surface area (Å²) in [5, 5.41) is 6.76. The van der Waals surface area contributed by atoms with Crippen LogP contribution in [0.4, 0.5) is 0 Å². The summed E-state index contributed by atoms with van der Waals surface area (Å²) < 4.78 is 5.45. The van der Waals surface area contributed by atoms with Crippen molar-refractivity contribution >= 4 is 11.9 Å². The number of fused-ring (bicyclic) bond motifs is 1. The summed E-state index contributed by atoms with van der Waals surface area (Å²) in [6.45, 7) is 11.0. The van der Waals surface area contributed by atoms with Gasteiger partial charge in [-0.2, -0.15) is 0 Å². The second-order valence-corrected chi connectivity index (χ2v) is 8.39. The molecule has 0 aliphatic carbocycles. The van der Waals surface area contributed by atoms with Gasteiger partial charge in [0.05, 0.1) is 13.2 Å². The third-order valence-corrected chi connectivity index (χ3v) is 5.83. The van der Waals surface area contributed by atoms with Gasteiger partial charge >= 0.3 is 0 Å². The van der Waals surface area contributed by atoms with Crippen LogP contribution >= 0.6 is 0 Å². The van der Waals surface area contributed by atoms with Crippen molar-refractivity contribution in [1.82, 2.24) is 20.4 Å². The maximum absolute atomic E-state index is 12.5. The molecule has 2 aliphatic heterocycles. The molecule has 0 bridgehead atoms. The summed E-state index contributed by atoms with van der Waals surface area (Å²) in [7, 11) is 1.78. The van der Waals surface area contributed by atoms with E-state index in [0.717, 1.165) is 64.9 Å². The first-order chi connectivity index (χ1) is 14.0. The Morgan fingerprint density at radius 1 is 1.14 bits per heavy atom. The number of rotatable bonds is 7. The highest BCUT2D eigenvalue weighted by Crippen LogP contribution is 2.22. The smallest absolute Gasteiger partial charge is 0.223 e. The first-order valence-corrected chi connectivity index (χ1v) is 10.6. The maximum Gasteiger partial charge on any atom is 0.223 e. The van der Waals surface area contributed by atoms with Gasteiger partial charge in [0, 0.05) is 58.3 Å². The number of guanidine groups is 1. The zero-order chi connectivity index (χ0) is 20.7. The molecule has 0 aromatic heterocycles. The first kappa shape index (κ1) is 21.6. The molecular formula is C22H35N5O2. The number of hydrogen-bond donors (Lipinski definition) is 2. The van der Waals surface area contributed by atoms with Gasteiger partial charge < -0.3 is 20.3 Å². The Morgan fingerprint density at radius 2 is 1.79 bits per heavy atom. The van der Waals surface area contributed by atoms with Gasteiger partial charge in [0.15, 0.2) is 5.96 Å². The van der Waals surface area contributed by atoms with Crippen molar-refractivity contribution in [3.8, 4) is 0 Å². The topological polar surface area (TPSA) is 69.2 Å². The average Bonchev–Trinajstić information content (AvgIpc) is 3.18. The van der Waals surface area contributed by atoms with E-state index < -0.39 is 0 Å². The van der Waals surface area contributed by atoms with Gasteiger partial charge in [-0.3, -0.25) is 14.7 Å². The summed E-state index contributed by atoms with van der Waals surface area (Å²) in [6.07, 6.45) is 1.34. The molecule has 2 aliphatic rings. The fraction of sp³-hybridized carbons (Fsp3) is 0.636. The lowest BCUT2D eigenvalue weighted by Gasteiger charge is -2.41. The quantitative estimate of drug-likeness (QED) is 0.413. The molecule has 0 unspecified atom stereocenters. The van der Waals surface area contributed by atoms with Crippen LogP contribution in [0.3, 0.4) is 0 Å². The van der Waals surface area contributed by atoms with Crippen LogP contribution < -0.4 is 10.6 Å². The molecule has 1 aromatic rings. The number of hydrogen-bond acceptors (Lipinski definition) is 4. The van der Waals surface area contributed by atoms with Gasteiger partial charge in [0.1, 0.15) is 0 Å². The highest BCUT2D eigenvalue weighted by atomic mass is 16.5. The largest absolute Gasteiger partial charge is 0.379 e. The zero-order valence-corrected chi connectivity index (χ0v) is 18.0. The summed E-state index contributed by atoms with van der Waals surface area (Å²) in [5.74, 6) is 1.01. The Balaban J connectivity index is 1.34. The number of ether oxygens (including phenoxy) is 1. The predicted molar refractivity (Wildman–Crippen MR) is 116 cm³/mol. The van der Waals surface area contributed by atoms with Gasteiger partial charge in [0.25, 0.3) is 0 Å². The molecule has 0 saturated carbocycles. The van der Waals surface area contributed by atoms with E-state index in [1.807, 2.05) is 17.0 Å².